The molecule has 3 aromatic heterocycles. The van der Waals surface area contributed by atoms with Gasteiger partial charge in [-0.1, -0.05) is 11.6 Å². The van der Waals surface area contributed by atoms with Crippen LogP contribution in [0.4, 0.5) is 4.39 Å². The summed E-state index contributed by atoms with van der Waals surface area (Å²) in [6, 6.07) is 6.72. The highest BCUT2D eigenvalue weighted by molar-refractivity contribution is 7.19. The Morgan fingerprint density at radius 2 is 2.19 bits per heavy atom. The van der Waals surface area contributed by atoms with Gasteiger partial charge in [0.15, 0.2) is 0 Å². The minimum Gasteiger partial charge on any atom is -0.261 e. The number of hydrogen-bond acceptors (Lipinski definition) is 5. The van der Waals surface area contributed by atoms with Gasteiger partial charge in [0.05, 0.1) is 16.6 Å². The Bertz CT molecular complexity index is 856. The molecule has 0 unspecified atom stereocenters. The van der Waals surface area contributed by atoms with Crippen LogP contribution < -0.4 is 0 Å². The van der Waals surface area contributed by atoms with E-state index in [1.165, 1.54) is 23.6 Å². The van der Waals surface area contributed by atoms with Gasteiger partial charge < -0.3 is 0 Å². The van der Waals surface area contributed by atoms with Gasteiger partial charge in [0.2, 0.25) is 0 Å². The molecular formula is C14H6ClFN4S. The lowest BCUT2D eigenvalue weighted by Crippen LogP contribution is -1.85. The summed E-state index contributed by atoms with van der Waals surface area (Å²) in [6.07, 6.45) is 4.20. The molecule has 0 aliphatic heterocycles. The van der Waals surface area contributed by atoms with Crippen molar-refractivity contribution >= 4 is 22.9 Å². The minimum atomic E-state index is -0.448. The van der Waals surface area contributed by atoms with Gasteiger partial charge in [-0.25, -0.2) is 9.37 Å². The predicted molar refractivity (Wildman–Crippen MR) is 78.3 cm³/mol. The number of nitrogens with zero attached hydrogens (tertiary/aromatic N) is 4. The topological polar surface area (TPSA) is 62.5 Å². The lowest BCUT2D eigenvalue weighted by molar-refractivity contribution is 0.622. The van der Waals surface area contributed by atoms with E-state index in [-0.39, 0.29) is 5.15 Å². The Balaban J connectivity index is 2.13. The van der Waals surface area contributed by atoms with Crippen molar-refractivity contribution in [1.29, 1.82) is 5.26 Å². The predicted octanol–water partition coefficient (Wildman–Crippen LogP) is 3.93. The van der Waals surface area contributed by atoms with E-state index in [0.717, 1.165) is 6.20 Å². The van der Waals surface area contributed by atoms with Gasteiger partial charge in [0.25, 0.3) is 0 Å². The fourth-order valence-electron chi connectivity index (χ4n) is 1.78. The van der Waals surface area contributed by atoms with E-state index in [4.69, 9.17) is 16.9 Å². The Hall–Kier alpha value is -2.36. The summed E-state index contributed by atoms with van der Waals surface area (Å²) in [7, 11) is 0. The minimum absolute atomic E-state index is 0.231. The van der Waals surface area contributed by atoms with Crippen molar-refractivity contribution in [1.82, 2.24) is 15.0 Å². The van der Waals surface area contributed by atoms with Crippen molar-refractivity contribution in [2.45, 2.75) is 0 Å². The zero-order chi connectivity index (χ0) is 14.8. The number of hydrogen-bond donors (Lipinski definition) is 0. The van der Waals surface area contributed by atoms with E-state index < -0.39 is 5.82 Å². The monoisotopic (exact) mass is 316 g/mol. The number of aromatic nitrogens is 3. The lowest BCUT2D eigenvalue weighted by atomic mass is 10.2. The maximum Gasteiger partial charge on any atom is 0.150 e. The maximum absolute atomic E-state index is 13.2. The third kappa shape index (κ3) is 2.61. The third-order valence-corrected chi connectivity index (χ3v) is 4.18. The van der Waals surface area contributed by atoms with Gasteiger partial charge in [0.1, 0.15) is 27.7 Å². The highest BCUT2D eigenvalue weighted by atomic mass is 35.5. The summed E-state index contributed by atoms with van der Waals surface area (Å²) < 4.78 is 13.2. The molecule has 3 heterocycles. The van der Waals surface area contributed by atoms with Crippen LogP contribution in [0.2, 0.25) is 5.15 Å². The van der Waals surface area contributed by atoms with E-state index >= 15 is 0 Å². The SMILES string of the molecule is N#Cc1cccnc1-c1sc(-c2cncc(F)c2)nc1Cl. The largest absolute Gasteiger partial charge is 0.261 e. The van der Waals surface area contributed by atoms with E-state index in [0.29, 0.717) is 26.7 Å². The average molecular weight is 317 g/mol. The molecule has 3 aromatic rings. The van der Waals surface area contributed by atoms with Gasteiger partial charge in [-0.15, -0.1) is 11.3 Å². The smallest absolute Gasteiger partial charge is 0.150 e. The van der Waals surface area contributed by atoms with Crippen molar-refractivity contribution in [3.8, 4) is 27.2 Å². The second kappa shape index (κ2) is 5.56. The Kier molecular flexibility index (Phi) is 3.60. The van der Waals surface area contributed by atoms with Crippen LogP contribution in [0.25, 0.3) is 21.1 Å². The van der Waals surface area contributed by atoms with Crippen LogP contribution in [-0.4, -0.2) is 15.0 Å². The third-order valence-electron chi connectivity index (χ3n) is 2.68. The number of nitriles is 1. The first-order valence-electron chi connectivity index (χ1n) is 5.82. The van der Waals surface area contributed by atoms with Crippen molar-refractivity contribution in [3.05, 3.63) is 53.3 Å². The van der Waals surface area contributed by atoms with Crippen LogP contribution in [0.1, 0.15) is 5.56 Å². The summed E-state index contributed by atoms with van der Waals surface area (Å²) in [5.74, 6) is -0.448. The van der Waals surface area contributed by atoms with E-state index in [2.05, 4.69) is 21.0 Å². The number of pyridine rings is 2. The normalized spacial score (nSPS) is 10.3. The Labute approximate surface area is 128 Å². The molecule has 0 bridgehead atoms. The van der Waals surface area contributed by atoms with Crippen LogP contribution in [-0.2, 0) is 0 Å². The Morgan fingerprint density at radius 1 is 1.33 bits per heavy atom. The highest BCUT2D eigenvalue weighted by Gasteiger charge is 2.17. The molecule has 3 rings (SSSR count). The quantitative estimate of drug-likeness (QED) is 0.718. The second-order valence-corrected chi connectivity index (χ2v) is 5.40. The molecular weight excluding hydrogens is 311 g/mol. The first-order valence-corrected chi connectivity index (χ1v) is 7.01. The van der Waals surface area contributed by atoms with E-state index in [1.54, 1.807) is 18.3 Å². The fourth-order valence-corrected chi connectivity index (χ4v) is 3.07. The highest BCUT2D eigenvalue weighted by Crippen LogP contribution is 2.38. The maximum atomic E-state index is 13.2. The molecule has 0 radical (unpaired) electrons. The van der Waals surface area contributed by atoms with Crippen molar-refractivity contribution in [3.63, 3.8) is 0 Å². The van der Waals surface area contributed by atoms with E-state index in [1.807, 2.05) is 0 Å². The van der Waals surface area contributed by atoms with Crippen LogP contribution in [0.3, 0.4) is 0 Å². The molecule has 0 fully saturated rings. The Morgan fingerprint density at radius 3 is 2.95 bits per heavy atom. The molecule has 0 aliphatic carbocycles. The molecule has 0 N–H and O–H groups in total. The van der Waals surface area contributed by atoms with Crippen molar-refractivity contribution in [2.24, 2.45) is 0 Å². The van der Waals surface area contributed by atoms with Crippen LogP contribution >= 0.6 is 22.9 Å². The standard InChI is InChI=1S/C14H6ClFN4S/c15-13-12(11-8(5-17)2-1-3-19-11)21-14(20-13)9-4-10(16)7-18-6-9/h1-4,6-7H. The van der Waals surface area contributed by atoms with Crippen LogP contribution in [0.5, 0.6) is 0 Å². The summed E-state index contributed by atoms with van der Waals surface area (Å²) >= 11 is 7.37. The van der Waals surface area contributed by atoms with Gasteiger partial charge in [0, 0.05) is 18.0 Å². The molecule has 0 spiro atoms. The summed E-state index contributed by atoms with van der Waals surface area (Å²) in [5, 5.41) is 9.88. The molecule has 102 valence electrons. The molecule has 21 heavy (non-hydrogen) atoms. The molecule has 0 aliphatic rings. The van der Waals surface area contributed by atoms with Crippen LogP contribution in [0, 0.1) is 17.1 Å². The molecule has 0 aromatic carbocycles. The first-order chi connectivity index (χ1) is 10.2. The van der Waals surface area contributed by atoms with E-state index in [9.17, 15) is 4.39 Å². The van der Waals surface area contributed by atoms with Gasteiger partial charge in [-0.05, 0) is 18.2 Å². The average Bonchev–Trinajstić information content (AvgIpc) is 2.89. The fraction of sp³-hybridized carbons (Fsp3) is 0. The van der Waals surface area contributed by atoms with Crippen molar-refractivity contribution in [2.75, 3.05) is 0 Å². The van der Waals surface area contributed by atoms with Gasteiger partial charge in [-0.2, -0.15) is 5.26 Å². The van der Waals surface area contributed by atoms with Gasteiger partial charge in [-0.3, -0.25) is 9.97 Å². The zero-order valence-corrected chi connectivity index (χ0v) is 12.0. The zero-order valence-electron chi connectivity index (χ0n) is 10.4. The molecule has 0 atom stereocenters. The van der Waals surface area contributed by atoms with Gasteiger partial charge >= 0.3 is 0 Å². The number of halogens is 2. The molecule has 4 nitrogen and oxygen atoms in total. The first kappa shape index (κ1) is 13.6. The second-order valence-electron chi connectivity index (χ2n) is 4.04. The molecule has 0 amide bonds. The summed E-state index contributed by atoms with van der Waals surface area (Å²) in [5.41, 5.74) is 1.41. The van der Waals surface area contributed by atoms with Crippen LogP contribution in [0.15, 0.2) is 36.8 Å². The molecule has 0 saturated carbocycles. The lowest BCUT2D eigenvalue weighted by Gasteiger charge is -1.98. The molecule has 0 saturated heterocycles. The number of rotatable bonds is 2. The molecule has 7 heteroatoms. The summed E-state index contributed by atoms with van der Waals surface area (Å²) in [4.78, 5) is 12.7. The summed E-state index contributed by atoms with van der Waals surface area (Å²) in [6.45, 7) is 0. The van der Waals surface area contributed by atoms with Crippen molar-refractivity contribution < 1.29 is 4.39 Å². The number of thiazole rings is 1.